The Kier molecular flexibility index (Phi) is 4.20. The quantitative estimate of drug-likeness (QED) is 0.943. The van der Waals surface area contributed by atoms with E-state index in [2.05, 4.69) is 15.4 Å². The molecular weight excluding hydrogens is 285 g/mol. The standard InChI is InChI=1S/C16H18FN3O2/c1-11-7-15(19-22-11)18-16(21)10-20-6-5-13(9-20)12-3-2-4-14(17)8-12/h2-4,7-8,13H,5-6,9-10H2,1H3,(H,18,19,21). The van der Waals surface area contributed by atoms with Gasteiger partial charge in [-0.1, -0.05) is 17.3 Å². The van der Waals surface area contributed by atoms with Crippen molar-refractivity contribution in [1.29, 1.82) is 0 Å². The van der Waals surface area contributed by atoms with E-state index in [4.69, 9.17) is 4.52 Å². The van der Waals surface area contributed by atoms with E-state index >= 15 is 0 Å². The molecule has 0 bridgehead atoms. The molecule has 0 aliphatic carbocycles. The third kappa shape index (κ3) is 3.51. The number of rotatable bonds is 4. The summed E-state index contributed by atoms with van der Waals surface area (Å²) in [6.07, 6.45) is 0.930. The zero-order chi connectivity index (χ0) is 15.5. The maximum atomic E-state index is 13.3. The molecular formula is C16H18FN3O2. The Morgan fingerprint density at radius 2 is 2.36 bits per heavy atom. The summed E-state index contributed by atoms with van der Waals surface area (Å²) in [6, 6.07) is 8.37. The first-order chi connectivity index (χ1) is 10.6. The van der Waals surface area contributed by atoms with Crippen LogP contribution in [-0.2, 0) is 4.79 Å². The number of aromatic nitrogens is 1. The van der Waals surface area contributed by atoms with Crippen LogP contribution in [0.5, 0.6) is 0 Å². The molecule has 1 unspecified atom stereocenters. The number of anilines is 1. The number of aryl methyl sites for hydroxylation is 1. The number of carbonyl (C=O) groups excluding carboxylic acids is 1. The number of likely N-dealkylation sites (tertiary alicyclic amines) is 1. The van der Waals surface area contributed by atoms with E-state index < -0.39 is 0 Å². The number of benzene rings is 1. The van der Waals surface area contributed by atoms with E-state index in [-0.39, 0.29) is 17.6 Å². The third-order valence-corrected chi connectivity index (χ3v) is 3.86. The fourth-order valence-electron chi connectivity index (χ4n) is 2.82. The van der Waals surface area contributed by atoms with E-state index in [1.54, 1.807) is 25.1 Å². The number of halogens is 1. The summed E-state index contributed by atoms with van der Waals surface area (Å²) in [6.45, 7) is 3.66. The number of hydrogen-bond donors (Lipinski definition) is 1. The fraction of sp³-hybridized carbons (Fsp3) is 0.375. The molecule has 6 heteroatoms. The van der Waals surface area contributed by atoms with Gasteiger partial charge in [-0.15, -0.1) is 0 Å². The van der Waals surface area contributed by atoms with E-state index in [0.717, 1.165) is 25.1 Å². The molecule has 1 fully saturated rings. The summed E-state index contributed by atoms with van der Waals surface area (Å²) in [5, 5.41) is 6.44. The second-order valence-corrected chi connectivity index (χ2v) is 5.65. The zero-order valence-electron chi connectivity index (χ0n) is 12.4. The number of hydrogen-bond acceptors (Lipinski definition) is 4. The van der Waals surface area contributed by atoms with Gasteiger partial charge in [-0.3, -0.25) is 9.69 Å². The molecule has 22 heavy (non-hydrogen) atoms. The van der Waals surface area contributed by atoms with Crippen LogP contribution in [0.2, 0.25) is 0 Å². The summed E-state index contributed by atoms with van der Waals surface area (Å²) in [5.74, 6) is 1.03. The molecule has 1 N–H and O–H groups in total. The maximum absolute atomic E-state index is 13.3. The summed E-state index contributed by atoms with van der Waals surface area (Å²) in [5.41, 5.74) is 0.995. The van der Waals surface area contributed by atoms with Crippen LogP contribution < -0.4 is 5.32 Å². The van der Waals surface area contributed by atoms with E-state index in [1.807, 2.05) is 6.07 Å². The van der Waals surface area contributed by atoms with Crippen molar-refractivity contribution in [3.05, 3.63) is 47.5 Å². The van der Waals surface area contributed by atoms with Crippen LogP contribution in [0, 0.1) is 12.7 Å². The van der Waals surface area contributed by atoms with Crippen LogP contribution in [0.15, 0.2) is 34.9 Å². The molecule has 0 saturated carbocycles. The third-order valence-electron chi connectivity index (χ3n) is 3.86. The second-order valence-electron chi connectivity index (χ2n) is 5.65. The number of nitrogens with one attached hydrogen (secondary N) is 1. The fourth-order valence-corrected chi connectivity index (χ4v) is 2.82. The van der Waals surface area contributed by atoms with Gasteiger partial charge in [0.05, 0.1) is 6.54 Å². The van der Waals surface area contributed by atoms with Crippen molar-refractivity contribution in [2.75, 3.05) is 25.0 Å². The molecule has 5 nitrogen and oxygen atoms in total. The highest BCUT2D eigenvalue weighted by Crippen LogP contribution is 2.27. The van der Waals surface area contributed by atoms with Crippen LogP contribution in [0.4, 0.5) is 10.2 Å². The Bertz CT molecular complexity index is 671. The van der Waals surface area contributed by atoms with Crippen molar-refractivity contribution in [3.63, 3.8) is 0 Å². The van der Waals surface area contributed by atoms with Gasteiger partial charge in [-0.2, -0.15) is 0 Å². The summed E-state index contributed by atoms with van der Waals surface area (Å²) < 4.78 is 18.2. The van der Waals surface area contributed by atoms with E-state index in [1.165, 1.54) is 6.07 Å². The SMILES string of the molecule is Cc1cc(NC(=O)CN2CCC(c3cccc(F)c3)C2)no1. The molecule has 1 amide bonds. The minimum Gasteiger partial charge on any atom is -0.360 e. The van der Waals surface area contributed by atoms with Crippen molar-refractivity contribution in [3.8, 4) is 0 Å². The number of carbonyl (C=O) groups is 1. The average molecular weight is 303 g/mol. The minimum atomic E-state index is -0.213. The molecule has 3 rings (SSSR count). The molecule has 0 radical (unpaired) electrons. The Morgan fingerprint density at radius 1 is 1.50 bits per heavy atom. The molecule has 1 saturated heterocycles. The van der Waals surface area contributed by atoms with E-state index in [9.17, 15) is 9.18 Å². The molecule has 116 valence electrons. The first-order valence-corrected chi connectivity index (χ1v) is 7.31. The van der Waals surface area contributed by atoms with Crippen LogP contribution in [0.25, 0.3) is 0 Å². The summed E-state index contributed by atoms with van der Waals surface area (Å²) >= 11 is 0. The molecule has 2 heterocycles. The van der Waals surface area contributed by atoms with Crippen molar-refractivity contribution in [2.24, 2.45) is 0 Å². The Balaban J connectivity index is 1.53. The molecule has 0 spiro atoms. The van der Waals surface area contributed by atoms with E-state index in [0.29, 0.717) is 18.1 Å². The topological polar surface area (TPSA) is 58.4 Å². The maximum Gasteiger partial charge on any atom is 0.239 e. The lowest BCUT2D eigenvalue weighted by atomic mass is 9.98. The highest BCUT2D eigenvalue weighted by Gasteiger charge is 2.25. The van der Waals surface area contributed by atoms with Gasteiger partial charge in [0.15, 0.2) is 5.82 Å². The van der Waals surface area contributed by atoms with Crippen molar-refractivity contribution >= 4 is 11.7 Å². The molecule has 1 atom stereocenters. The largest absolute Gasteiger partial charge is 0.360 e. The van der Waals surface area contributed by atoms with Gasteiger partial charge in [0.25, 0.3) is 0 Å². The normalized spacial score (nSPS) is 18.5. The number of amides is 1. The monoisotopic (exact) mass is 303 g/mol. The Hall–Kier alpha value is -2.21. The van der Waals surface area contributed by atoms with Gasteiger partial charge in [0, 0.05) is 12.6 Å². The van der Waals surface area contributed by atoms with Gasteiger partial charge in [-0.05, 0) is 43.5 Å². The lowest BCUT2D eigenvalue weighted by Crippen LogP contribution is -2.31. The predicted molar refractivity (Wildman–Crippen MR) is 80.1 cm³/mol. The van der Waals surface area contributed by atoms with Gasteiger partial charge in [0.2, 0.25) is 5.91 Å². The molecule has 1 aliphatic rings. The smallest absolute Gasteiger partial charge is 0.239 e. The van der Waals surface area contributed by atoms with Crippen molar-refractivity contribution < 1.29 is 13.7 Å². The second kappa shape index (κ2) is 6.27. The Labute approximate surface area is 128 Å². The molecule has 2 aromatic rings. The summed E-state index contributed by atoms with van der Waals surface area (Å²) in [7, 11) is 0. The van der Waals surface area contributed by atoms with Gasteiger partial charge < -0.3 is 9.84 Å². The van der Waals surface area contributed by atoms with Crippen molar-refractivity contribution in [1.82, 2.24) is 10.1 Å². The highest BCUT2D eigenvalue weighted by molar-refractivity contribution is 5.91. The van der Waals surface area contributed by atoms with Crippen LogP contribution in [-0.4, -0.2) is 35.6 Å². The Morgan fingerprint density at radius 3 is 3.09 bits per heavy atom. The zero-order valence-corrected chi connectivity index (χ0v) is 12.4. The van der Waals surface area contributed by atoms with Crippen LogP contribution in [0.1, 0.15) is 23.7 Å². The first kappa shape index (κ1) is 14.7. The summed E-state index contributed by atoms with van der Waals surface area (Å²) in [4.78, 5) is 14.0. The molecule has 1 aromatic carbocycles. The molecule has 1 aromatic heterocycles. The first-order valence-electron chi connectivity index (χ1n) is 7.31. The van der Waals surface area contributed by atoms with Gasteiger partial charge >= 0.3 is 0 Å². The van der Waals surface area contributed by atoms with Gasteiger partial charge in [0.1, 0.15) is 11.6 Å². The number of nitrogens with zero attached hydrogens (tertiary/aromatic N) is 2. The van der Waals surface area contributed by atoms with Crippen LogP contribution >= 0.6 is 0 Å². The predicted octanol–water partition coefficient (Wildman–Crippen LogP) is 2.55. The van der Waals surface area contributed by atoms with Gasteiger partial charge in [-0.25, -0.2) is 4.39 Å². The lowest BCUT2D eigenvalue weighted by molar-refractivity contribution is -0.117. The molecule has 1 aliphatic heterocycles. The van der Waals surface area contributed by atoms with Crippen molar-refractivity contribution in [2.45, 2.75) is 19.3 Å². The minimum absolute atomic E-state index is 0.117. The average Bonchev–Trinajstić information content (AvgIpc) is 3.08. The lowest BCUT2D eigenvalue weighted by Gasteiger charge is -2.15. The van der Waals surface area contributed by atoms with Crippen LogP contribution in [0.3, 0.4) is 0 Å². The highest BCUT2D eigenvalue weighted by atomic mass is 19.1.